The monoisotopic (exact) mass is 432 g/mol. The summed E-state index contributed by atoms with van der Waals surface area (Å²) in [7, 11) is -1.67. The molecule has 2 aliphatic heterocycles. The molecule has 1 aromatic carbocycles. The van der Waals surface area contributed by atoms with Crippen LogP contribution in [0, 0.1) is 0 Å². The van der Waals surface area contributed by atoms with Gasteiger partial charge in [-0.15, -0.1) is 0 Å². The number of morpholine rings is 1. The number of carbonyl (C=O) groups excluding carboxylic acids is 1. The minimum absolute atomic E-state index is 0.130. The zero-order valence-electron chi connectivity index (χ0n) is 17.3. The van der Waals surface area contributed by atoms with Crippen LogP contribution in [0.15, 0.2) is 35.2 Å². The summed E-state index contributed by atoms with van der Waals surface area (Å²) < 4.78 is 34.5. The number of piperidine rings is 1. The Kier molecular flexibility index (Phi) is 5.95. The van der Waals surface area contributed by atoms with E-state index < -0.39 is 10.0 Å². The minimum Gasteiger partial charge on any atom is -0.379 e. The Balaban J connectivity index is 1.49. The van der Waals surface area contributed by atoms with Gasteiger partial charge in [-0.05, 0) is 31.0 Å². The molecule has 0 N–H and O–H groups in total. The fraction of sp³-hybridized carbons (Fsp3) is 0.524. The lowest BCUT2D eigenvalue weighted by Crippen LogP contribution is -2.40. The summed E-state index contributed by atoms with van der Waals surface area (Å²) in [5.41, 5.74) is 2.69. The Labute approximate surface area is 177 Å². The van der Waals surface area contributed by atoms with E-state index >= 15 is 0 Å². The third-order valence-electron chi connectivity index (χ3n) is 5.94. The quantitative estimate of drug-likeness (QED) is 0.672. The van der Waals surface area contributed by atoms with E-state index in [4.69, 9.17) is 4.74 Å². The van der Waals surface area contributed by atoms with Crippen LogP contribution in [0.2, 0.25) is 0 Å². The molecule has 9 heteroatoms. The van der Waals surface area contributed by atoms with E-state index in [1.165, 1.54) is 9.88 Å². The molecule has 2 fully saturated rings. The fourth-order valence-electron chi connectivity index (χ4n) is 4.00. The highest BCUT2D eigenvalue weighted by molar-refractivity contribution is 7.89. The van der Waals surface area contributed by atoms with E-state index in [9.17, 15) is 13.2 Å². The number of hydrogen-bond acceptors (Lipinski definition) is 5. The van der Waals surface area contributed by atoms with Gasteiger partial charge in [0.2, 0.25) is 15.9 Å². The second-order valence-corrected chi connectivity index (χ2v) is 9.82. The van der Waals surface area contributed by atoms with Crippen molar-refractivity contribution in [1.82, 2.24) is 18.8 Å². The van der Waals surface area contributed by atoms with Crippen LogP contribution < -0.4 is 0 Å². The molecule has 30 heavy (non-hydrogen) atoms. The predicted molar refractivity (Wildman–Crippen MR) is 114 cm³/mol. The fourth-order valence-corrected chi connectivity index (χ4v) is 5.43. The van der Waals surface area contributed by atoms with Crippen molar-refractivity contribution in [3.8, 4) is 0 Å². The average Bonchev–Trinajstić information content (AvgIpc) is 3.08. The first-order valence-electron chi connectivity index (χ1n) is 10.3. The van der Waals surface area contributed by atoms with Gasteiger partial charge >= 0.3 is 0 Å². The van der Waals surface area contributed by atoms with Gasteiger partial charge in [0.1, 0.15) is 5.82 Å². The summed E-state index contributed by atoms with van der Waals surface area (Å²) in [5.74, 6) is 0.908. The summed E-state index contributed by atoms with van der Waals surface area (Å²) in [5, 5.41) is 0. The van der Waals surface area contributed by atoms with Crippen LogP contribution in [0.5, 0.6) is 0 Å². The molecular formula is C21H28N4O4S. The Morgan fingerprint density at radius 3 is 2.57 bits per heavy atom. The van der Waals surface area contributed by atoms with Gasteiger partial charge in [-0.1, -0.05) is 12.2 Å². The number of carbonyl (C=O) groups is 1. The van der Waals surface area contributed by atoms with Crippen molar-refractivity contribution in [2.75, 3.05) is 39.4 Å². The molecule has 4 rings (SSSR count). The Morgan fingerprint density at radius 2 is 1.87 bits per heavy atom. The van der Waals surface area contributed by atoms with Gasteiger partial charge in [0.05, 0.1) is 29.1 Å². The number of rotatable bonds is 5. The molecule has 0 unspecified atom stereocenters. The van der Waals surface area contributed by atoms with Crippen molar-refractivity contribution in [2.24, 2.45) is 7.05 Å². The van der Waals surface area contributed by atoms with Gasteiger partial charge in [-0.3, -0.25) is 4.79 Å². The topological polar surface area (TPSA) is 84.7 Å². The van der Waals surface area contributed by atoms with Crippen LogP contribution in [0.4, 0.5) is 0 Å². The first-order chi connectivity index (χ1) is 14.4. The second-order valence-electron chi connectivity index (χ2n) is 7.88. The van der Waals surface area contributed by atoms with E-state index in [-0.39, 0.29) is 10.8 Å². The molecule has 0 radical (unpaired) electrons. The zero-order valence-corrected chi connectivity index (χ0v) is 18.2. The molecule has 1 aromatic heterocycles. The molecule has 3 heterocycles. The molecule has 8 nitrogen and oxygen atoms in total. The lowest BCUT2D eigenvalue weighted by Gasteiger charge is -2.28. The van der Waals surface area contributed by atoms with Gasteiger partial charge in [0.25, 0.3) is 0 Å². The summed E-state index contributed by atoms with van der Waals surface area (Å²) in [6, 6.07) is 5.04. The number of nitrogens with zero attached hydrogens (tertiary/aromatic N) is 4. The number of amides is 1. The number of imidazole rings is 1. The van der Waals surface area contributed by atoms with Gasteiger partial charge in [0.15, 0.2) is 0 Å². The number of benzene rings is 1. The van der Waals surface area contributed by atoms with Gasteiger partial charge in [0, 0.05) is 46.1 Å². The molecule has 0 spiro atoms. The lowest BCUT2D eigenvalue weighted by molar-refractivity contribution is -0.131. The van der Waals surface area contributed by atoms with E-state index in [0.717, 1.165) is 37.3 Å². The van der Waals surface area contributed by atoms with Crippen molar-refractivity contribution >= 4 is 27.0 Å². The van der Waals surface area contributed by atoms with E-state index in [1.807, 2.05) is 16.5 Å². The average molecular weight is 433 g/mol. The zero-order chi connectivity index (χ0) is 21.3. The summed E-state index contributed by atoms with van der Waals surface area (Å²) in [4.78, 5) is 19.3. The molecule has 2 saturated heterocycles. The normalized spacial score (nSPS) is 18.8. The maximum atomic E-state index is 12.9. The van der Waals surface area contributed by atoms with Gasteiger partial charge in [-0.2, -0.15) is 4.31 Å². The summed E-state index contributed by atoms with van der Waals surface area (Å²) in [6.07, 6.45) is 2.66. The molecule has 2 aromatic rings. The molecular weight excluding hydrogens is 404 g/mol. The smallest absolute Gasteiger partial charge is 0.243 e. The number of sulfonamides is 1. The van der Waals surface area contributed by atoms with Crippen LogP contribution >= 0.6 is 0 Å². The van der Waals surface area contributed by atoms with E-state index in [0.29, 0.717) is 44.7 Å². The molecule has 0 atom stereocenters. The van der Waals surface area contributed by atoms with Crippen molar-refractivity contribution < 1.29 is 17.9 Å². The maximum absolute atomic E-state index is 12.9. The molecule has 1 amide bonds. The highest BCUT2D eigenvalue weighted by Gasteiger charge is 2.27. The maximum Gasteiger partial charge on any atom is 0.243 e. The van der Waals surface area contributed by atoms with Crippen molar-refractivity contribution in [3.63, 3.8) is 0 Å². The lowest BCUT2D eigenvalue weighted by atomic mass is 10.1. The number of aryl methyl sites for hydroxylation is 2. The third-order valence-corrected chi connectivity index (χ3v) is 7.83. The highest BCUT2D eigenvalue weighted by atomic mass is 32.2. The first-order valence-corrected chi connectivity index (χ1v) is 11.8. The van der Waals surface area contributed by atoms with Crippen LogP contribution in [-0.4, -0.2) is 72.5 Å². The SMILES string of the molecule is C=C1CCN(C(=O)CCc2nc3cc(S(=O)(=O)N4CCOCC4)ccc3n2C)CC1. The van der Waals surface area contributed by atoms with E-state index in [1.54, 1.807) is 18.2 Å². The Bertz CT molecular complexity index is 1060. The number of fused-ring (bicyclic) bond motifs is 1. The number of hydrogen-bond donors (Lipinski definition) is 0. The van der Waals surface area contributed by atoms with Crippen LogP contribution in [0.3, 0.4) is 0 Å². The molecule has 0 bridgehead atoms. The summed E-state index contributed by atoms with van der Waals surface area (Å²) in [6.45, 7) is 7.01. The molecule has 0 aliphatic carbocycles. The van der Waals surface area contributed by atoms with E-state index in [2.05, 4.69) is 11.6 Å². The van der Waals surface area contributed by atoms with Crippen molar-refractivity contribution in [2.45, 2.75) is 30.6 Å². The highest BCUT2D eigenvalue weighted by Crippen LogP contribution is 2.24. The van der Waals surface area contributed by atoms with Gasteiger partial charge in [-0.25, -0.2) is 13.4 Å². The number of ether oxygens (including phenoxy) is 1. The van der Waals surface area contributed by atoms with Crippen LogP contribution in [0.25, 0.3) is 11.0 Å². The predicted octanol–water partition coefficient (Wildman–Crippen LogP) is 1.71. The van der Waals surface area contributed by atoms with Crippen LogP contribution in [0.1, 0.15) is 25.1 Å². The van der Waals surface area contributed by atoms with Crippen molar-refractivity contribution in [3.05, 3.63) is 36.2 Å². The second kappa shape index (κ2) is 8.49. The Morgan fingerprint density at radius 1 is 1.17 bits per heavy atom. The molecule has 162 valence electrons. The summed E-state index contributed by atoms with van der Waals surface area (Å²) >= 11 is 0. The largest absolute Gasteiger partial charge is 0.379 e. The number of likely N-dealkylation sites (tertiary alicyclic amines) is 1. The minimum atomic E-state index is -3.57. The third kappa shape index (κ3) is 4.14. The first kappa shape index (κ1) is 21.0. The standard InChI is InChI=1S/C21H28N4O4S/c1-16-7-9-24(10-8-16)21(26)6-5-20-22-18-15-17(3-4-19(18)23(20)2)30(27,28)25-11-13-29-14-12-25/h3-4,15H,1,5-14H2,2H3. The van der Waals surface area contributed by atoms with Crippen molar-refractivity contribution in [1.29, 1.82) is 0 Å². The van der Waals surface area contributed by atoms with Gasteiger partial charge < -0.3 is 14.2 Å². The van der Waals surface area contributed by atoms with Crippen LogP contribution in [-0.2, 0) is 33.0 Å². The number of aromatic nitrogens is 2. The molecule has 2 aliphatic rings. The molecule has 0 saturated carbocycles. The Hall–Kier alpha value is -2.23.